The van der Waals surface area contributed by atoms with Crippen LogP contribution < -0.4 is 0 Å². The number of hydrogen-bond donors (Lipinski definition) is 8. The van der Waals surface area contributed by atoms with Crippen LogP contribution in [0.15, 0.2) is 0 Å². The summed E-state index contributed by atoms with van der Waals surface area (Å²) in [5, 5.41) is 68.0. The normalized spacial score (nSPS) is 17.0. The summed E-state index contributed by atoms with van der Waals surface area (Å²) in [6.45, 7) is -0.208. The maximum absolute atomic E-state index is 8.50. The molecule has 1 unspecified atom stereocenters. The molecule has 1 heterocycles. The van der Waals surface area contributed by atoms with Crippen molar-refractivity contribution < 1.29 is 45.6 Å². The van der Waals surface area contributed by atoms with Gasteiger partial charge in [0.25, 0.3) is 0 Å². The topological polar surface area (TPSA) is 174 Å². The molecule has 0 amide bonds. The predicted molar refractivity (Wildman–Crippen MR) is 77.0 cm³/mol. The quantitative estimate of drug-likeness (QED) is 0.208. The van der Waals surface area contributed by atoms with Crippen LogP contribution in [-0.2, 0) is 4.74 Å². The van der Waals surface area contributed by atoms with Crippen LogP contribution in [-0.4, -0.2) is 106 Å². The maximum atomic E-state index is 8.50. The van der Waals surface area contributed by atoms with Crippen LogP contribution in [0.5, 0.6) is 0 Å². The van der Waals surface area contributed by atoms with E-state index in [1.807, 2.05) is 0 Å². The van der Waals surface area contributed by atoms with Gasteiger partial charge in [-0.05, 0) is 6.92 Å². The summed E-state index contributed by atoms with van der Waals surface area (Å²) in [5.41, 5.74) is -2.22. The lowest BCUT2D eigenvalue weighted by Gasteiger charge is -2.23. The van der Waals surface area contributed by atoms with Crippen molar-refractivity contribution in [3.05, 3.63) is 0 Å². The zero-order valence-corrected chi connectivity index (χ0v) is 12.9. The van der Waals surface area contributed by atoms with Gasteiger partial charge in [0, 0.05) is 0 Å². The van der Waals surface area contributed by atoms with Gasteiger partial charge in [-0.3, -0.25) is 0 Å². The Morgan fingerprint density at radius 1 is 0.636 bits per heavy atom. The molecule has 1 fully saturated rings. The number of epoxide rings is 1. The molecule has 1 aliphatic rings. The maximum Gasteiger partial charge on any atom is 0.0781 e. The van der Waals surface area contributed by atoms with Crippen LogP contribution in [0.3, 0.4) is 0 Å². The van der Waals surface area contributed by atoms with Gasteiger partial charge in [-0.1, -0.05) is 0 Å². The van der Waals surface area contributed by atoms with Gasteiger partial charge in [-0.15, -0.1) is 0 Å². The highest BCUT2D eigenvalue weighted by molar-refractivity contribution is 4.75. The van der Waals surface area contributed by atoms with Crippen LogP contribution in [0, 0.1) is 10.8 Å². The van der Waals surface area contributed by atoms with E-state index < -0.39 is 63.7 Å². The molecule has 1 saturated heterocycles. The van der Waals surface area contributed by atoms with Crippen LogP contribution in [0.2, 0.25) is 0 Å². The molecule has 0 aliphatic carbocycles. The zero-order chi connectivity index (χ0) is 17.6. The monoisotopic (exact) mass is 330 g/mol. The second kappa shape index (κ2) is 13.1. The first kappa shape index (κ1) is 23.9. The Hall–Kier alpha value is -0.360. The van der Waals surface area contributed by atoms with E-state index in [-0.39, 0.29) is 0 Å². The summed E-state index contributed by atoms with van der Waals surface area (Å²) in [7, 11) is 0. The molecule has 9 nitrogen and oxygen atoms in total. The van der Waals surface area contributed by atoms with Crippen molar-refractivity contribution in [1.29, 1.82) is 0 Å². The first-order chi connectivity index (χ1) is 10.4. The molecule has 0 aromatic heterocycles. The number of hydrogen-bond acceptors (Lipinski definition) is 9. The molecule has 22 heavy (non-hydrogen) atoms. The van der Waals surface area contributed by atoms with Crippen molar-refractivity contribution in [2.45, 2.75) is 13.0 Å². The molecule has 0 radical (unpaired) electrons. The highest BCUT2D eigenvalue weighted by Crippen LogP contribution is 2.12. The number of rotatable bonds is 8. The van der Waals surface area contributed by atoms with E-state index in [0.717, 1.165) is 6.61 Å². The Morgan fingerprint density at radius 3 is 0.773 bits per heavy atom. The van der Waals surface area contributed by atoms with Gasteiger partial charge in [-0.25, -0.2) is 0 Å². The van der Waals surface area contributed by atoms with Crippen molar-refractivity contribution in [2.24, 2.45) is 10.8 Å². The van der Waals surface area contributed by atoms with Crippen molar-refractivity contribution >= 4 is 0 Å². The third-order valence-corrected chi connectivity index (χ3v) is 3.18. The van der Waals surface area contributed by atoms with Gasteiger partial charge >= 0.3 is 0 Å². The van der Waals surface area contributed by atoms with Gasteiger partial charge in [0.05, 0.1) is 76.4 Å². The van der Waals surface area contributed by atoms with Crippen LogP contribution >= 0.6 is 0 Å². The van der Waals surface area contributed by atoms with E-state index in [1.54, 1.807) is 0 Å². The first-order valence-electron chi connectivity index (χ1n) is 6.87. The molecule has 1 rings (SSSR count). The molecular weight excluding hydrogens is 300 g/mol. The Balaban J connectivity index is 0. The fraction of sp³-hybridized carbons (Fsp3) is 1.00. The van der Waals surface area contributed by atoms with Crippen molar-refractivity contribution in [3.63, 3.8) is 0 Å². The minimum absolute atomic E-state index is 0.406. The Kier molecular flexibility index (Phi) is 14.2. The average Bonchev–Trinajstić information content (AvgIpc) is 3.36. The van der Waals surface area contributed by atoms with Gasteiger partial charge in [0.15, 0.2) is 0 Å². The van der Waals surface area contributed by atoms with E-state index in [1.165, 1.54) is 0 Å². The van der Waals surface area contributed by atoms with E-state index in [4.69, 9.17) is 45.6 Å². The van der Waals surface area contributed by atoms with Gasteiger partial charge in [0.2, 0.25) is 0 Å². The molecule has 0 aromatic carbocycles. The number of aliphatic hydroxyl groups excluding tert-OH is 8. The van der Waals surface area contributed by atoms with Gasteiger partial charge < -0.3 is 45.6 Å². The largest absolute Gasteiger partial charge is 0.396 e. The van der Waals surface area contributed by atoms with E-state index in [2.05, 4.69) is 6.92 Å². The standard InChI is InChI=1S/2C5H12O4.C3H6O/c2*6-1-5(2-7,3-8)4-9;1-3-2-4-3/h2*6-9H,1-4H2;3H,2H2,1H3. The Labute approximate surface area is 130 Å². The molecular formula is C13H30O9. The predicted octanol–water partition coefficient (Wildman–Crippen LogP) is -3.71. The molecule has 9 heteroatoms. The Morgan fingerprint density at radius 2 is 0.773 bits per heavy atom. The van der Waals surface area contributed by atoms with Gasteiger partial charge in [-0.2, -0.15) is 0 Å². The number of ether oxygens (including phenoxy) is 1. The van der Waals surface area contributed by atoms with Crippen LogP contribution in [0.25, 0.3) is 0 Å². The first-order valence-corrected chi connectivity index (χ1v) is 6.87. The molecule has 0 aromatic rings. The minimum Gasteiger partial charge on any atom is -0.396 e. The van der Waals surface area contributed by atoms with E-state index >= 15 is 0 Å². The summed E-state index contributed by atoms with van der Waals surface area (Å²) in [6, 6.07) is 0. The molecule has 0 bridgehead atoms. The molecule has 1 atom stereocenters. The smallest absolute Gasteiger partial charge is 0.0781 e. The van der Waals surface area contributed by atoms with Crippen LogP contribution in [0.4, 0.5) is 0 Å². The molecule has 0 spiro atoms. The van der Waals surface area contributed by atoms with Crippen molar-refractivity contribution in [3.8, 4) is 0 Å². The molecule has 8 N–H and O–H groups in total. The second-order valence-corrected chi connectivity index (χ2v) is 5.41. The van der Waals surface area contributed by atoms with Gasteiger partial charge in [0.1, 0.15) is 0 Å². The molecule has 1 aliphatic heterocycles. The Bertz CT molecular complexity index is 183. The lowest BCUT2D eigenvalue weighted by atomic mass is 9.93. The second-order valence-electron chi connectivity index (χ2n) is 5.41. The summed E-state index contributed by atoms with van der Waals surface area (Å²) in [4.78, 5) is 0. The third-order valence-electron chi connectivity index (χ3n) is 3.18. The minimum atomic E-state index is -1.11. The van der Waals surface area contributed by atoms with E-state index in [0.29, 0.717) is 6.10 Å². The summed E-state index contributed by atoms with van der Waals surface area (Å²) >= 11 is 0. The highest BCUT2D eigenvalue weighted by Gasteiger charge is 2.27. The van der Waals surface area contributed by atoms with Crippen molar-refractivity contribution in [1.82, 2.24) is 0 Å². The van der Waals surface area contributed by atoms with E-state index in [9.17, 15) is 0 Å². The summed E-state index contributed by atoms with van der Waals surface area (Å²) < 4.78 is 4.71. The van der Waals surface area contributed by atoms with Crippen LogP contribution in [0.1, 0.15) is 6.92 Å². The average molecular weight is 330 g/mol. The number of aliphatic hydroxyl groups is 8. The third kappa shape index (κ3) is 9.62. The molecule has 0 saturated carbocycles. The van der Waals surface area contributed by atoms with Crippen molar-refractivity contribution in [2.75, 3.05) is 59.5 Å². The SMILES string of the molecule is CC1CO1.OCC(CO)(CO)CO.OCC(CO)(CO)CO. The lowest BCUT2D eigenvalue weighted by Crippen LogP contribution is -2.37. The fourth-order valence-corrected chi connectivity index (χ4v) is 0.696. The summed E-state index contributed by atoms with van der Waals surface area (Å²) in [5.74, 6) is 0. The molecule has 136 valence electrons. The highest BCUT2D eigenvalue weighted by atomic mass is 16.6. The fourth-order valence-electron chi connectivity index (χ4n) is 0.696. The zero-order valence-electron chi connectivity index (χ0n) is 12.9. The summed E-state index contributed by atoms with van der Waals surface area (Å²) in [6.07, 6.45) is 0.583. The lowest BCUT2D eigenvalue weighted by molar-refractivity contribution is -0.0332.